The highest BCUT2D eigenvalue weighted by molar-refractivity contribution is 6.02. The van der Waals surface area contributed by atoms with Gasteiger partial charge < -0.3 is 14.7 Å². The maximum atomic E-state index is 12.8. The van der Waals surface area contributed by atoms with E-state index in [4.69, 9.17) is 0 Å². The number of nitrogens with one attached hydrogen (secondary N) is 1. The summed E-state index contributed by atoms with van der Waals surface area (Å²) in [6.45, 7) is 0. The standard InChI is InChI=1S/C20H14F3N3O2/c1-26-9-17(24-10-26)15-7-13(19(27)28)6-12-8-16(25-18(12)15)11-2-4-14(5-3-11)20(21,22)23/h2-10,25H,1H3,(H,27,28). The second-order valence-electron chi connectivity index (χ2n) is 6.48. The first-order valence-electron chi connectivity index (χ1n) is 8.28. The van der Waals surface area contributed by atoms with Crippen molar-refractivity contribution in [1.82, 2.24) is 14.5 Å². The van der Waals surface area contributed by atoms with Crippen LogP contribution in [0, 0.1) is 0 Å². The summed E-state index contributed by atoms with van der Waals surface area (Å²) in [6.07, 6.45) is -1.03. The number of alkyl halides is 3. The number of benzene rings is 2. The number of carboxylic acid groups (broad SMARTS) is 1. The van der Waals surface area contributed by atoms with E-state index < -0.39 is 17.7 Å². The maximum absolute atomic E-state index is 12.8. The van der Waals surface area contributed by atoms with E-state index in [1.807, 2.05) is 0 Å². The summed E-state index contributed by atoms with van der Waals surface area (Å²) in [4.78, 5) is 19.0. The van der Waals surface area contributed by atoms with Crippen molar-refractivity contribution in [3.05, 3.63) is 66.1 Å². The molecular formula is C20H14F3N3O2. The molecule has 0 unspecified atom stereocenters. The van der Waals surface area contributed by atoms with E-state index in [-0.39, 0.29) is 5.56 Å². The van der Waals surface area contributed by atoms with Gasteiger partial charge in [-0.1, -0.05) is 12.1 Å². The SMILES string of the molecule is Cn1cnc(-c2cc(C(=O)O)cc3cc(-c4ccc(C(F)(F)F)cc4)[nH]c23)c1. The maximum Gasteiger partial charge on any atom is 0.416 e. The average molecular weight is 385 g/mol. The van der Waals surface area contributed by atoms with Crippen LogP contribution >= 0.6 is 0 Å². The number of aryl methyl sites for hydroxylation is 1. The molecule has 4 aromatic rings. The lowest BCUT2D eigenvalue weighted by Crippen LogP contribution is -2.03. The summed E-state index contributed by atoms with van der Waals surface area (Å²) in [5.41, 5.74) is 2.39. The van der Waals surface area contributed by atoms with Crippen molar-refractivity contribution in [2.45, 2.75) is 6.18 Å². The number of carbonyl (C=O) groups is 1. The second-order valence-corrected chi connectivity index (χ2v) is 6.48. The lowest BCUT2D eigenvalue weighted by molar-refractivity contribution is -0.137. The molecule has 2 heterocycles. The monoisotopic (exact) mass is 385 g/mol. The van der Waals surface area contributed by atoms with Gasteiger partial charge in [0, 0.05) is 29.9 Å². The number of nitrogens with zero attached hydrogens (tertiary/aromatic N) is 2. The van der Waals surface area contributed by atoms with Crippen molar-refractivity contribution in [3.63, 3.8) is 0 Å². The quantitative estimate of drug-likeness (QED) is 0.524. The molecule has 0 radical (unpaired) electrons. The van der Waals surface area contributed by atoms with Crippen molar-refractivity contribution < 1.29 is 23.1 Å². The van der Waals surface area contributed by atoms with Crippen molar-refractivity contribution >= 4 is 16.9 Å². The highest BCUT2D eigenvalue weighted by atomic mass is 19.4. The molecule has 2 aromatic carbocycles. The summed E-state index contributed by atoms with van der Waals surface area (Å²) in [6, 6.07) is 9.57. The summed E-state index contributed by atoms with van der Waals surface area (Å²) >= 11 is 0. The lowest BCUT2D eigenvalue weighted by atomic mass is 10.0. The van der Waals surface area contributed by atoms with Crippen LogP contribution in [0.4, 0.5) is 13.2 Å². The molecule has 0 spiro atoms. The van der Waals surface area contributed by atoms with E-state index in [0.717, 1.165) is 12.1 Å². The van der Waals surface area contributed by atoms with Crippen LogP contribution in [0.25, 0.3) is 33.4 Å². The highest BCUT2D eigenvalue weighted by Gasteiger charge is 2.30. The number of hydrogen-bond acceptors (Lipinski definition) is 2. The smallest absolute Gasteiger partial charge is 0.416 e. The Hall–Kier alpha value is -3.55. The van der Waals surface area contributed by atoms with Gasteiger partial charge in [-0.2, -0.15) is 13.2 Å². The first-order chi connectivity index (χ1) is 13.2. The Balaban J connectivity index is 1.87. The van der Waals surface area contributed by atoms with Crippen LogP contribution < -0.4 is 0 Å². The Kier molecular flexibility index (Phi) is 3.99. The minimum absolute atomic E-state index is 0.103. The number of halogens is 3. The molecule has 28 heavy (non-hydrogen) atoms. The zero-order valence-corrected chi connectivity index (χ0v) is 14.6. The molecule has 0 atom stereocenters. The number of fused-ring (bicyclic) bond motifs is 1. The molecule has 0 saturated carbocycles. The van der Waals surface area contributed by atoms with Gasteiger partial charge in [-0.05, 0) is 35.9 Å². The van der Waals surface area contributed by atoms with Gasteiger partial charge in [0.25, 0.3) is 0 Å². The van der Waals surface area contributed by atoms with Gasteiger partial charge in [0.2, 0.25) is 0 Å². The third-order valence-corrected chi connectivity index (χ3v) is 4.48. The van der Waals surface area contributed by atoms with Crippen LogP contribution in [0.15, 0.2) is 55.0 Å². The van der Waals surface area contributed by atoms with Crippen LogP contribution in [0.3, 0.4) is 0 Å². The molecule has 0 aliphatic rings. The van der Waals surface area contributed by atoms with E-state index in [1.54, 1.807) is 30.2 Å². The summed E-state index contributed by atoms with van der Waals surface area (Å²) in [5, 5.41) is 10.0. The van der Waals surface area contributed by atoms with Crippen LogP contribution in [0.1, 0.15) is 15.9 Å². The first kappa shape index (κ1) is 17.8. The largest absolute Gasteiger partial charge is 0.478 e. The number of aromatic amines is 1. The molecule has 0 amide bonds. The number of H-pyrrole nitrogens is 1. The van der Waals surface area contributed by atoms with Gasteiger partial charge in [0.05, 0.1) is 28.7 Å². The Bertz CT molecular complexity index is 1190. The normalized spacial score (nSPS) is 11.9. The number of carboxylic acids is 1. The number of aromatic nitrogens is 3. The van der Waals surface area contributed by atoms with Crippen molar-refractivity contribution in [1.29, 1.82) is 0 Å². The van der Waals surface area contributed by atoms with Crippen LogP contribution in [-0.4, -0.2) is 25.6 Å². The van der Waals surface area contributed by atoms with Gasteiger partial charge in [-0.15, -0.1) is 0 Å². The minimum atomic E-state index is -4.40. The molecule has 2 aromatic heterocycles. The molecule has 0 aliphatic carbocycles. The highest BCUT2D eigenvalue weighted by Crippen LogP contribution is 2.34. The summed E-state index contributed by atoms with van der Waals surface area (Å²) in [5.74, 6) is -1.07. The van der Waals surface area contributed by atoms with E-state index in [9.17, 15) is 23.1 Å². The number of hydrogen-bond donors (Lipinski definition) is 2. The molecule has 8 heteroatoms. The van der Waals surface area contributed by atoms with E-state index >= 15 is 0 Å². The number of rotatable bonds is 3. The zero-order valence-electron chi connectivity index (χ0n) is 14.6. The van der Waals surface area contributed by atoms with Gasteiger partial charge in [-0.25, -0.2) is 9.78 Å². The Morgan fingerprint density at radius 2 is 1.86 bits per heavy atom. The van der Waals surface area contributed by atoms with Gasteiger partial charge in [0.1, 0.15) is 0 Å². The van der Waals surface area contributed by atoms with Crippen LogP contribution in [-0.2, 0) is 13.2 Å². The average Bonchev–Trinajstić information content (AvgIpc) is 3.26. The van der Waals surface area contributed by atoms with Gasteiger partial charge >= 0.3 is 12.1 Å². The Morgan fingerprint density at radius 3 is 2.43 bits per heavy atom. The van der Waals surface area contributed by atoms with Crippen molar-refractivity contribution in [3.8, 4) is 22.5 Å². The third-order valence-electron chi connectivity index (χ3n) is 4.48. The summed E-state index contributed by atoms with van der Waals surface area (Å²) < 4.78 is 40.1. The first-order valence-corrected chi connectivity index (χ1v) is 8.28. The second kappa shape index (κ2) is 6.26. The van der Waals surface area contributed by atoms with E-state index in [0.29, 0.717) is 33.4 Å². The molecule has 0 fully saturated rings. The third kappa shape index (κ3) is 3.13. The van der Waals surface area contributed by atoms with Crippen molar-refractivity contribution in [2.24, 2.45) is 7.05 Å². The molecule has 0 bridgehead atoms. The fourth-order valence-corrected chi connectivity index (χ4v) is 3.12. The van der Waals surface area contributed by atoms with Crippen LogP contribution in [0.2, 0.25) is 0 Å². The predicted octanol–water partition coefficient (Wildman–Crippen LogP) is 4.95. The van der Waals surface area contributed by atoms with E-state index in [1.165, 1.54) is 24.3 Å². The molecular weight excluding hydrogens is 371 g/mol. The molecule has 0 aliphatic heterocycles. The van der Waals surface area contributed by atoms with Crippen molar-refractivity contribution in [2.75, 3.05) is 0 Å². The zero-order chi connectivity index (χ0) is 20.1. The molecule has 5 nitrogen and oxygen atoms in total. The Morgan fingerprint density at radius 1 is 1.14 bits per heavy atom. The van der Waals surface area contributed by atoms with Gasteiger partial charge in [0.15, 0.2) is 0 Å². The lowest BCUT2D eigenvalue weighted by Gasteiger charge is -2.06. The van der Waals surface area contributed by atoms with Gasteiger partial charge in [-0.3, -0.25) is 0 Å². The topological polar surface area (TPSA) is 70.9 Å². The predicted molar refractivity (Wildman–Crippen MR) is 97.9 cm³/mol. The number of aromatic carboxylic acids is 1. The van der Waals surface area contributed by atoms with Crippen LogP contribution in [0.5, 0.6) is 0 Å². The summed E-state index contributed by atoms with van der Waals surface area (Å²) in [7, 11) is 1.80. The minimum Gasteiger partial charge on any atom is -0.478 e. The molecule has 0 saturated heterocycles. The molecule has 4 rings (SSSR count). The fourth-order valence-electron chi connectivity index (χ4n) is 3.12. The molecule has 2 N–H and O–H groups in total. The van der Waals surface area contributed by atoms with E-state index in [2.05, 4.69) is 9.97 Å². The molecule has 142 valence electrons. The number of imidazole rings is 1. The Labute approximate surface area is 157 Å². The fraction of sp³-hybridized carbons (Fsp3) is 0.100.